The lowest BCUT2D eigenvalue weighted by Gasteiger charge is -2.33. The van der Waals surface area contributed by atoms with E-state index in [2.05, 4.69) is 54.6 Å². The molecule has 3 N–H and O–H groups in total. The Bertz CT molecular complexity index is 1020. The summed E-state index contributed by atoms with van der Waals surface area (Å²) in [5.41, 5.74) is 7.08. The molecule has 0 aliphatic rings. The standard InChI is InChI=1S/C22H21NOS/c1-22(24,14-23)21(15-7-3-2-4-8-15)16-11-12-20-18(13-16)17-9-5-6-10-19(17)25-20/h2-13,21,24H,14,23H2,1H3. The molecule has 1 heterocycles. The van der Waals surface area contributed by atoms with Gasteiger partial charge in [0.1, 0.15) is 0 Å². The third-order valence-electron chi connectivity index (χ3n) is 4.90. The molecule has 126 valence electrons. The van der Waals surface area contributed by atoms with Gasteiger partial charge in [-0.05, 0) is 36.2 Å². The molecule has 4 rings (SSSR count). The maximum Gasteiger partial charge on any atom is 0.0849 e. The molecular weight excluding hydrogens is 326 g/mol. The summed E-state index contributed by atoms with van der Waals surface area (Å²) in [6, 6.07) is 25.1. The normalized spacial score (nSPS) is 15.3. The maximum atomic E-state index is 11.0. The minimum absolute atomic E-state index is 0.165. The van der Waals surface area contributed by atoms with E-state index in [1.54, 1.807) is 11.3 Å². The highest BCUT2D eigenvalue weighted by Crippen LogP contribution is 2.39. The molecule has 0 aliphatic heterocycles. The summed E-state index contributed by atoms with van der Waals surface area (Å²) in [6.07, 6.45) is 0. The highest BCUT2D eigenvalue weighted by atomic mass is 32.1. The van der Waals surface area contributed by atoms with Crippen molar-refractivity contribution in [1.82, 2.24) is 0 Å². The van der Waals surface area contributed by atoms with Crippen molar-refractivity contribution in [2.45, 2.75) is 18.4 Å². The van der Waals surface area contributed by atoms with Gasteiger partial charge in [0.25, 0.3) is 0 Å². The van der Waals surface area contributed by atoms with E-state index in [9.17, 15) is 5.11 Å². The Morgan fingerprint density at radius 2 is 1.56 bits per heavy atom. The molecule has 0 bridgehead atoms. The molecule has 3 heteroatoms. The van der Waals surface area contributed by atoms with E-state index < -0.39 is 5.60 Å². The third-order valence-corrected chi connectivity index (χ3v) is 6.05. The van der Waals surface area contributed by atoms with Crippen LogP contribution in [0.5, 0.6) is 0 Å². The zero-order valence-corrected chi connectivity index (χ0v) is 15.0. The first kappa shape index (κ1) is 16.3. The fourth-order valence-electron chi connectivity index (χ4n) is 3.60. The van der Waals surface area contributed by atoms with Gasteiger partial charge in [-0.3, -0.25) is 0 Å². The minimum atomic E-state index is -1.01. The second-order valence-corrected chi connectivity index (χ2v) is 7.84. The Labute approximate surface area is 151 Å². The van der Waals surface area contributed by atoms with Gasteiger partial charge in [0.05, 0.1) is 5.60 Å². The number of nitrogens with two attached hydrogens (primary N) is 1. The van der Waals surface area contributed by atoms with Crippen LogP contribution >= 0.6 is 11.3 Å². The summed E-state index contributed by atoms with van der Waals surface area (Å²) in [5.74, 6) is -0.165. The third kappa shape index (κ3) is 2.85. The average molecular weight is 347 g/mol. The van der Waals surface area contributed by atoms with Crippen LogP contribution in [0.25, 0.3) is 20.2 Å². The lowest BCUT2D eigenvalue weighted by Crippen LogP contribution is -2.41. The molecule has 0 amide bonds. The second-order valence-electron chi connectivity index (χ2n) is 6.76. The van der Waals surface area contributed by atoms with Crippen LogP contribution in [0, 0.1) is 0 Å². The predicted molar refractivity (Wildman–Crippen MR) is 107 cm³/mol. The maximum absolute atomic E-state index is 11.0. The zero-order valence-electron chi connectivity index (χ0n) is 14.1. The van der Waals surface area contributed by atoms with Crippen LogP contribution in [-0.4, -0.2) is 17.3 Å². The van der Waals surface area contributed by atoms with Crippen molar-refractivity contribution in [3.05, 3.63) is 83.9 Å². The first-order valence-corrected chi connectivity index (χ1v) is 9.30. The number of hydrogen-bond donors (Lipinski definition) is 2. The smallest absolute Gasteiger partial charge is 0.0849 e. The first-order valence-electron chi connectivity index (χ1n) is 8.49. The minimum Gasteiger partial charge on any atom is -0.388 e. The molecular formula is C22H21NOS. The van der Waals surface area contributed by atoms with Crippen molar-refractivity contribution in [2.75, 3.05) is 6.54 Å². The molecule has 0 radical (unpaired) electrons. The van der Waals surface area contributed by atoms with Gasteiger partial charge >= 0.3 is 0 Å². The number of aliphatic hydroxyl groups is 1. The van der Waals surface area contributed by atoms with E-state index in [-0.39, 0.29) is 12.5 Å². The number of thiophene rings is 1. The summed E-state index contributed by atoms with van der Waals surface area (Å²) in [7, 11) is 0. The summed E-state index contributed by atoms with van der Waals surface area (Å²) < 4.78 is 2.56. The average Bonchev–Trinajstić information content (AvgIpc) is 3.01. The van der Waals surface area contributed by atoms with E-state index >= 15 is 0 Å². The molecule has 2 unspecified atom stereocenters. The first-order chi connectivity index (χ1) is 12.1. The largest absolute Gasteiger partial charge is 0.388 e. The fraction of sp³-hybridized carbons (Fsp3) is 0.182. The molecule has 2 nitrogen and oxygen atoms in total. The van der Waals surface area contributed by atoms with Gasteiger partial charge in [-0.2, -0.15) is 0 Å². The highest BCUT2D eigenvalue weighted by Gasteiger charge is 2.33. The summed E-state index contributed by atoms with van der Waals surface area (Å²) in [6.45, 7) is 2.02. The van der Waals surface area contributed by atoms with E-state index in [1.807, 2.05) is 25.1 Å². The van der Waals surface area contributed by atoms with Crippen LogP contribution in [0.15, 0.2) is 72.8 Å². The summed E-state index contributed by atoms with van der Waals surface area (Å²) in [4.78, 5) is 0. The van der Waals surface area contributed by atoms with Crippen LogP contribution in [0.3, 0.4) is 0 Å². The summed E-state index contributed by atoms with van der Waals surface area (Å²) >= 11 is 1.80. The van der Waals surface area contributed by atoms with Crippen molar-refractivity contribution in [3.8, 4) is 0 Å². The topological polar surface area (TPSA) is 46.2 Å². The molecule has 0 saturated heterocycles. The summed E-state index contributed by atoms with van der Waals surface area (Å²) in [5, 5.41) is 13.5. The second kappa shape index (κ2) is 6.26. The van der Waals surface area contributed by atoms with E-state index in [0.29, 0.717) is 0 Å². The van der Waals surface area contributed by atoms with Gasteiger partial charge in [-0.15, -0.1) is 11.3 Å². The lowest BCUT2D eigenvalue weighted by atomic mass is 9.78. The Morgan fingerprint density at radius 3 is 2.32 bits per heavy atom. The van der Waals surface area contributed by atoms with Crippen molar-refractivity contribution in [3.63, 3.8) is 0 Å². The monoisotopic (exact) mass is 347 g/mol. The van der Waals surface area contributed by atoms with Gasteiger partial charge in [0.2, 0.25) is 0 Å². The molecule has 0 saturated carbocycles. The SMILES string of the molecule is CC(O)(CN)C(c1ccccc1)c1ccc2sc3ccccc3c2c1. The van der Waals surface area contributed by atoms with Crippen molar-refractivity contribution in [2.24, 2.45) is 5.73 Å². The van der Waals surface area contributed by atoms with E-state index in [1.165, 1.54) is 20.2 Å². The quantitative estimate of drug-likeness (QED) is 0.552. The Hall–Kier alpha value is -2.20. The van der Waals surface area contributed by atoms with E-state index in [0.717, 1.165) is 11.1 Å². The Morgan fingerprint density at radius 1 is 0.880 bits per heavy atom. The number of rotatable bonds is 4. The predicted octanol–water partition coefficient (Wildman–Crippen LogP) is 4.90. The van der Waals surface area contributed by atoms with Crippen molar-refractivity contribution < 1.29 is 5.11 Å². The molecule has 0 aliphatic carbocycles. The number of benzene rings is 3. The fourth-order valence-corrected chi connectivity index (χ4v) is 4.68. The lowest BCUT2D eigenvalue weighted by molar-refractivity contribution is 0.0519. The van der Waals surface area contributed by atoms with Gasteiger partial charge in [-0.25, -0.2) is 0 Å². The van der Waals surface area contributed by atoms with Gasteiger partial charge in [-0.1, -0.05) is 54.6 Å². The molecule has 2 atom stereocenters. The molecule has 1 aromatic heterocycles. The number of fused-ring (bicyclic) bond motifs is 3. The molecule has 4 aromatic rings. The molecule has 25 heavy (non-hydrogen) atoms. The van der Waals surface area contributed by atoms with Gasteiger partial charge < -0.3 is 10.8 Å². The molecule has 3 aromatic carbocycles. The zero-order chi connectivity index (χ0) is 17.4. The molecule has 0 fully saturated rings. The van der Waals surface area contributed by atoms with Crippen LogP contribution < -0.4 is 5.73 Å². The van der Waals surface area contributed by atoms with Crippen LogP contribution in [0.1, 0.15) is 24.0 Å². The molecule has 0 spiro atoms. The number of hydrogen-bond acceptors (Lipinski definition) is 3. The Balaban J connectivity index is 1.94. The van der Waals surface area contributed by atoms with Crippen molar-refractivity contribution in [1.29, 1.82) is 0 Å². The highest BCUT2D eigenvalue weighted by molar-refractivity contribution is 7.25. The van der Waals surface area contributed by atoms with Crippen LogP contribution in [0.4, 0.5) is 0 Å². The van der Waals surface area contributed by atoms with E-state index in [4.69, 9.17) is 5.73 Å². The van der Waals surface area contributed by atoms with Crippen LogP contribution in [0.2, 0.25) is 0 Å². The Kier molecular flexibility index (Phi) is 4.08. The van der Waals surface area contributed by atoms with Crippen molar-refractivity contribution >= 4 is 31.5 Å². The van der Waals surface area contributed by atoms with Gasteiger partial charge in [0, 0.05) is 32.6 Å². The van der Waals surface area contributed by atoms with Crippen LogP contribution in [-0.2, 0) is 0 Å². The van der Waals surface area contributed by atoms with Gasteiger partial charge in [0.15, 0.2) is 0 Å².